The van der Waals surface area contributed by atoms with Crippen molar-refractivity contribution in [3.8, 4) is 0 Å². The predicted molar refractivity (Wildman–Crippen MR) is 115 cm³/mol. The van der Waals surface area contributed by atoms with Gasteiger partial charge in [0.05, 0.1) is 4.90 Å². The summed E-state index contributed by atoms with van der Waals surface area (Å²) in [4.78, 5) is 13.1. The van der Waals surface area contributed by atoms with Crippen molar-refractivity contribution in [2.45, 2.75) is 50.0 Å². The number of rotatable bonds is 5. The molecule has 1 saturated heterocycles. The van der Waals surface area contributed by atoms with Crippen molar-refractivity contribution < 1.29 is 13.2 Å². The molecule has 0 bridgehead atoms. The first kappa shape index (κ1) is 21.0. The standard InChI is InChI=1S/C21H25BrN2O3S/c1-15(2)16-6-10-18(11-7-16)23-21(25)20-5-3-4-14-24(20)28(26,27)19-12-8-17(22)9-13-19/h6-13,15,20H,3-5,14H2,1-2H3,(H,23,25)/t20-/m0/s1. The van der Waals surface area contributed by atoms with Crippen molar-refractivity contribution in [3.05, 3.63) is 58.6 Å². The number of piperidine rings is 1. The van der Waals surface area contributed by atoms with Gasteiger partial charge in [-0.15, -0.1) is 0 Å². The average Bonchev–Trinajstić information content (AvgIpc) is 2.68. The highest BCUT2D eigenvalue weighted by atomic mass is 79.9. The van der Waals surface area contributed by atoms with E-state index in [4.69, 9.17) is 0 Å². The SMILES string of the molecule is CC(C)c1ccc(NC(=O)[C@@H]2CCCCN2S(=O)(=O)c2ccc(Br)cc2)cc1. The van der Waals surface area contributed by atoms with Crippen LogP contribution in [0.15, 0.2) is 57.9 Å². The summed E-state index contributed by atoms with van der Waals surface area (Å²) in [6.07, 6.45) is 2.10. The van der Waals surface area contributed by atoms with Crippen LogP contribution >= 0.6 is 15.9 Å². The van der Waals surface area contributed by atoms with Gasteiger partial charge in [-0.25, -0.2) is 8.42 Å². The third-order valence-electron chi connectivity index (χ3n) is 5.02. The number of carbonyl (C=O) groups is 1. The number of nitrogens with one attached hydrogen (secondary N) is 1. The second-order valence-corrected chi connectivity index (χ2v) is 10.2. The summed E-state index contributed by atoms with van der Waals surface area (Å²) < 4.78 is 28.4. The fourth-order valence-corrected chi connectivity index (χ4v) is 5.29. The zero-order valence-corrected chi connectivity index (χ0v) is 18.5. The molecule has 1 aliphatic heterocycles. The Kier molecular flexibility index (Phi) is 6.58. The van der Waals surface area contributed by atoms with Crippen LogP contribution in [-0.4, -0.2) is 31.2 Å². The van der Waals surface area contributed by atoms with E-state index in [-0.39, 0.29) is 10.8 Å². The lowest BCUT2D eigenvalue weighted by molar-refractivity contribution is -0.120. The number of benzene rings is 2. The highest BCUT2D eigenvalue weighted by molar-refractivity contribution is 9.10. The molecule has 3 rings (SSSR count). The Balaban J connectivity index is 1.80. The van der Waals surface area contributed by atoms with E-state index >= 15 is 0 Å². The minimum absolute atomic E-state index is 0.205. The van der Waals surface area contributed by atoms with E-state index in [0.29, 0.717) is 24.6 Å². The van der Waals surface area contributed by atoms with E-state index in [1.807, 2.05) is 24.3 Å². The molecule has 150 valence electrons. The zero-order valence-electron chi connectivity index (χ0n) is 16.1. The van der Waals surface area contributed by atoms with Crippen LogP contribution < -0.4 is 5.32 Å². The summed E-state index contributed by atoms with van der Waals surface area (Å²) in [5.74, 6) is 0.132. The van der Waals surface area contributed by atoms with Gasteiger partial charge < -0.3 is 5.32 Å². The van der Waals surface area contributed by atoms with Crippen molar-refractivity contribution in [2.24, 2.45) is 0 Å². The first-order chi connectivity index (χ1) is 13.3. The number of hydrogen-bond acceptors (Lipinski definition) is 3. The first-order valence-electron chi connectivity index (χ1n) is 9.47. The molecule has 0 saturated carbocycles. The molecule has 28 heavy (non-hydrogen) atoms. The van der Waals surface area contributed by atoms with Crippen molar-refractivity contribution in [2.75, 3.05) is 11.9 Å². The molecule has 5 nitrogen and oxygen atoms in total. The van der Waals surface area contributed by atoms with Gasteiger partial charge in [0.15, 0.2) is 0 Å². The van der Waals surface area contributed by atoms with Gasteiger partial charge in [0.2, 0.25) is 15.9 Å². The van der Waals surface area contributed by atoms with Crippen LogP contribution in [0.3, 0.4) is 0 Å². The third-order valence-corrected chi connectivity index (χ3v) is 7.47. The Morgan fingerprint density at radius 3 is 2.32 bits per heavy atom. The summed E-state index contributed by atoms with van der Waals surface area (Å²) in [6, 6.07) is 13.5. The highest BCUT2D eigenvalue weighted by Gasteiger charge is 2.37. The van der Waals surface area contributed by atoms with E-state index in [1.54, 1.807) is 24.3 Å². The molecule has 1 heterocycles. The Hall–Kier alpha value is -1.70. The van der Waals surface area contributed by atoms with E-state index in [1.165, 1.54) is 9.87 Å². The van der Waals surface area contributed by atoms with Crippen molar-refractivity contribution in [3.63, 3.8) is 0 Å². The van der Waals surface area contributed by atoms with Gasteiger partial charge in [0.1, 0.15) is 6.04 Å². The highest BCUT2D eigenvalue weighted by Crippen LogP contribution is 2.27. The average molecular weight is 465 g/mol. The molecular weight excluding hydrogens is 440 g/mol. The number of hydrogen-bond donors (Lipinski definition) is 1. The quantitative estimate of drug-likeness (QED) is 0.693. The second-order valence-electron chi connectivity index (χ2n) is 7.35. The summed E-state index contributed by atoms with van der Waals surface area (Å²) in [5, 5.41) is 2.89. The largest absolute Gasteiger partial charge is 0.325 e. The van der Waals surface area contributed by atoms with Crippen LogP contribution in [0.25, 0.3) is 0 Å². The van der Waals surface area contributed by atoms with Gasteiger partial charge in [-0.1, -0.05) is 48.3 Å². The Morgan fingerprint density at radius 1 is 1.07 bits per heavy atom. The van der Waals surface area contributed by atoms with Crippen molar-refractivity contribution >= 4 is 37.5 Å². The molecule has 7 heteroatoms. The summed E-state index contributed by atoms with van der Waals surface area (Å²) >= 11 is 3.32. The summed E-state index contributed by atoms with van der Waals surface area (Å²) in [6.45, 7) is 4.57. The molecule has 1 atom stereocenters. The van der Waals surface area contributed by atoms with Gasteiger partial charge in [0, 0.05) is 16.7 Å². The molecule has 2 aromatic carbocycles. The summed E-state index contributed by atoms with van der Waals surface area (Å²) in [7, 11) is -3.73. The Bertz CT molecular complexity index is 925. The molecule has 2 aromatic rings. The molecular formula is C21H25BrN2O3S. The minimum atomic E-state index is -3.73. The molecule has 1 fully saturated rings. The van der Waals surface area contributed by atoms with Crippen LogP contribution in [0.1, 0.15) is 44.6 Å². The molecule has 0 unspecified atom stereocenters. The fourth-order valence-electron chi connectivity index (χ4n) is 3.37. The van der Waals surface area contributed by atoms with E-state index in [0.717, 1.165) is 17.3 Å². The van der Waals surface area contributed by atoms with Crippen molar-refractivity contribution in [1.29, 1.82) is 0 Å². The lowest BCUT2D eigenvalue weighted by Gasteiger charge is -2.33. The number of nitrogens with zero attached hydrogens (tertiary/aromatic N) is 1. The molecule has 1 N–H and O–H groups in total. The van der Waals surface area contributed by atoms with Gasteiger partial charge in [-0.3, -0.25) is 4.79 Å². The number of amides is 1. The molecule has 1 amide bonds. The summed E-state index contributed by atoms with van der Waals surface area (Å²) in [5.41, 5.74) is 1.87. The fraction of sp³-hybridized carbons (Fsp3) is 0.381. The van der Waals surface area contributed by atoms with Crippen LogP contribution in [0.4, 0.5) is 5.69 Å². The maximum Gasteiger partial charge on any atom is 0.243 e. The number of halogens is 1. The zero-order chi connectivity index (χ0) is 20.3. The van der Waals surface area contributed by atoms with E-state index in [2.05, 4.69) is 35.1 Å². The maximum absolute atomic E-state index is 13.1. The normalized spacial score (nSPS) is 18.2. The van der Waals surface area contributed by atoms with Gasteiger partial charge in [0.25, 0.3) is 0 Å². The number of sulfonamides is 1. The van der Waals surface area contributed by atoms with Gasteiger partial charge in [-0.05, 0) is 60.7 Å². The smallest absolute Gasteiger partial charge is 0.243 e. The Labute approximate surface area is 175 Å². The van der Waals surface area contributed by atoms with E-state index in [9.17, 15) is 13.2 Å². The first-order valence-corrected chi connectivity index (χ1v) is 11.7. The monoisotopic (exact) mass is 464 g/mol. The molecule has 1 aliphatic rings. The minimum Gasteiger partial charge on any atom is -0.325 e. The third kappa shape index (κ3) is 4.64. The maximum atomic E-state index is 13.1. The Morgan fingerprint density at radius 2 is 1.71 bits per heavy atom. The second kappa shape index (κ2) is 8.76. The molecule has 0 radical (unpaired) electrons. The number of carbonyl (C=O) groups excluding carboxylic acids is 1. The van der Waals surface area contributed by atoms with Gasteiger partial charge >= 0.3 is 0 Å². The topological polar surface area (TPSA) is 66.5 Å². The molecule has 0 spiro atoms. The predicted octanol–water partition coefficient (Wildman–Crippen LogP) is 4.75. The van der Waals surface area contributed by atoms with Crippen LogP contribution in [-0.2, 0) is 14.8 Å². The lowest BCUT2D eigenvalue weighted by atomic mass is 10.0. The van der Waals surface area contributed by atoms with Crippen molar-refractivity contribution in [1.82, 2.24) is 4.31 Å². The molecule has 0 aromatic heterocycles. The molecule has 0 aliphatic carbocycles. The lowest BCUT2D eigenvalue weighted by Crippen LogP contribution is -2.49. The van der Waals surface area contributed by atoms with Crippen LogP contribution in [0, 0.1) is 0 Å². The number of anilines is 1. The van der Waals surface area contributed by atoms with E-state index < -0.39 is 16.1 Å². The van der Waals surface area contributed by atoms with Crippen LogP contribution in [0.2, 0.25) is 0 Å². The van der Waals surface area contributed by atoms with Crippen LogP contribution in [0.5, 0.6) is 0 Å². The van der Waals surface area contributed by atoms with Gasteiger partial charge in [-0.2, -0.15) is 4.31 Å².